The number of likely N-dealkylation sites (tertiary alicyclic amines) is 1. The van der Waals surface area contributed by atoms with E-state index in [1.807, 2.05) is 18.2 Å². The minimum Gasteiger partial charge on any atom is -0.319 e. The Bertz CT molecular complexity index is 810. The van der Waals surface area contributed by atoms with Gasteiger partial charge in [0.1, 0.15) is 5.54 Å². The fourth-order valence-electron chi connectivity index (χ4n) is 4.56. The number of alkyl halides is 3. The zero-order chi connectivity index (χ0) is 20.1. The maximum atomic E-state index is 13.1. The number of carbonyl (C=O) groups is 2. The van der Waals surface area contributed by atoms with E-state index in [0.29, 0.717) is 13.0 Å². The van der Waals surface area contributed by atoms with Crippen molar-refractivity contribution >= 4 is 11.9 Å². The molecule has 2 fully saturated rings. The average Bonchev–Trinajstić information content (AvgIpc) is 3.20. The Labute approximate surface area is 161 Å². The number of rotatable bonds is 3. The van der Waals surface area contributed by atoms with E-state index >= 15 is 0 Å². The SMILES string of the molecule is C[C@@]1(c2ccc3c(c2)CCC3)NC(=O)N(CN2CCC[C@@H](C(F)(F)F)C2)C1=O. The second kappa shape index (κ2) is 6.76. The summed E-state index contributed by atoms with van der Waals surface area (Å²) in [5.41, 5.74) is 2.00. The summed E-state index contributed by atoms with van der Waals surface area (Å²) < 4.78 is 39.1. The molecule has 4 rings (SSSR count). The fraction of sp³-hybridized carbons (Fsp3) is 0.600. The minimum atomic E-state index is -4.26. The molecule has 8 heteroatoms. The number of hydrogen-bond acceptors (Lipinski definition) is 3. The standard InChI is InChI=1S/C20H24F3N3O2/c1-19(15-8-7-13-4-2-5-14(13)10-15)17(27)26(18(28)24-19)12-25-9-3-6-16(11-25)20(21,22)23/h7-8,10,16H,2-6,9,11-12H2,1H3,(H,24,28)/t16-,19+/m1/s1. The predicted molar refractivity (Wildman–Crippen MR) is 96.4 cm³/mol. The molecule has 1 aromatic rings. The number of amides is 3. The van der Waals surface area contributed by atoms with Gasteiger partial charge >= 0.3 is 12.2 Å². The normalized spacial score (nSPS) is 28.6. The number of aryl methyl sites for hydroxylation is 2. The molecule has 2 heterocycles. The van der Waals surface area contributed by atoms with Crippen LogP contribution in [0.4, 0.5) is 18.0 Å². The molecule has 2 saturated heterocycles. The highest BCUT2D eigenvalue weighted by Crippen LogP contribution is 2.35. The van der Waals surface area contributed by atoms with Gasteiger partial charge in [-0.15, -0.1) is 0 Å². The summed E-state index contributed by atoms with van der Waals surface area (Å²) in [6, 6.07) is 5.29. The zero-order valence-electron chi connectivity index (χ0n) is 15.8. The quantitative estimate of drug-likeness (QED) is 0.800. The molecule has 3 aliphatic rings. The number of imide groups is 1. The molecule has 0 bridgehead atoms. The van der Waals surface area contributed by atoms with Gasteiger partial charge in [-0.1, -0.05) is 18.2 Å². The van der Waals surface area contributed by atoms with Gasteiger partial charge in [0.2, 0.25) is 0 Å². The molecular formula is C20H24F3N3O2. The summed E-state index contributed by atoms with van der Waals surface area (Å²) in [7, 11) is 0. The zero-order valence-corrected chi connectivity index (χ0v) is 15.8. The molecule has 0 saturated carbocycles. The summed E-state index contributed by atoms with van der Waals surface area (Å²) in [4.78, 5) is 28.2. The molecule has 1 aliphatic carbocycles. The van der Waals surface area contributed by atoms with Crippen LogP contribution in [-0.4, -0.2) is 47.7 Å². The first-order valence-corrected chi connectivity index (χ1v) is 9.74. The number of hydrogen-bond donors (Lipinski definition) is 1. The van der Waals surface area contributed by atoms with Crippen LogP contribution in [0.3, 0.4) is 0 Å². The smallest absolute Gasteiger partial charge is 0.319 e. The highest BCUT2D eigenvalue weighted by atomic mass is 19.4. The molecule has 1 N–H and O–H groups in total. The monoisotopic (exact) mass is 395 g/mol. The van der Waals surface area contributed by atoms with Crippen LogP contribution >= 0.6 is 0 Å². The van der Waals surface area contributed by atoms with Crippen LogP contribution in [-0.2, 0) is 23.2 Å². The van der Waals surface area contributed by atoms with Crippen LogP contribution in [0.2, 0.25) is 0 Å². The van der Waals surface area contributed by atoms with Crippen LogP contribution in [0.15, 0.2) is 18.2 Å². The van der Waals surface area contributed by atoms with E-state index in [1.54, 1.807) is 11.8 Å². The Morgan fingerprint density at radius 1 is 1.18 bits per heavy atom. The van der Waals surface area contributed by atoms with Gasteiger partial charge in [-0.2, -0.15) is 13.2 Å². The fourth-order valence-corrected chi connectivity index (χ4v) is 4.56. The molecule has 0 unspecified atom stereocenters. The van der Waals surface area contributed by atoms with Crippen molar-refractivity contribution in [3.8, 4) is 0 Å². The van der Waals surface area contributed by atoms with E-state index in [4.69, 9.17) is 0 Å². The predicted octanol–water partition coefficient (Wildman–Crippen LogP) is 3.17. The first-order chi connectivity index (χ1) is 13.2. The summed E-state index contributed by atoms with van der Waals surface area (Å²) in [6.45, 7) is 1.81. The molecule has 5 nitrogen and oxygen atoms in total. The largest absolute Gasteiger partial charge is 0.393 e. The topological polar surface area (TPSA) is 52.7 Å². The Morgan fingerprint density at radius 2 is 1.93 bits per heavy atom. The number of nitrogens with one attached hydrogen (secondary N) is 1. The number of piperidine rings is 1. The van der Waals surface area contributed by atoms with Crippen molar-refractivity contribution < 1.29 is 22.8 Å². The lowest BCUT2D eigenvalue weighted by Crippen LogP contribution is -2.49. The van der Waals surface area contributed by atoms with Crippen LogP contribution in [0.5, 0.6) is 0 Å². The molecule has 28 heavy (non-hydrogen) atoms. The van der Waals surface area contributed by atoms with Gasteiger partial charge in [-0.3, -0.25) is 9.69 Å². The summed E-state index contributed by atoms with van der Waals surface area (Å²) in [6.07, 6.45) is -0.707. The van der Waals surface area contributed by atoms with Crippen molar-refractivity contribution in [1.29, 1.82) is 0 Å². The van der Waals surface area contributed by atoms with Gasteiger partial charge in [0.05, 0.1) is 12.6 Å². The van der Waals surface area contributed by atoms with Crippen molar-refractivity contribution in [3.63, 3.8) is 0 Å². The third-order valence-electron chi connectivity index (χ3n) is 6.26. The third-order valence-corrected chi connectivity index (χ3v) is 6.26. The Hall–Kier alpha value is -2.09. The van der Waals surface area contributed by atoms with E-state index in [0.717, 1.165) is 29.7 Å². The van der Waals surface area contributed by atoms with E-state index in [1.165, 1.54) is 11.1 Å². The lowest BCUT2D eigenvalue weighted by Gasteiger charge is -2.35. The van der Waals surface area contributed by atoms with Crippen molar-refractivity contribution in [2.45, 2.75) is 50.7 Å². The number of halogens is 3. The number of urea groups is 1. The summed E-state index contributed by atoms with van der Waals surface area (Å²) >= 11 is 0. The molecule has 2 atom stereocenters. The molecule has 0 aromatic heterocycles. The van der Waals surface area contributed by atoms with Crippen LogP contribution in [0.25, 0.3) is 0 Å². The van der Waals surface area contributed by atoms with E-state index in [9.17, 15) is 22.8 Å². The first-order valence-electron chi connectivity index (χ1n) is 9.74. The minimum absolute atomic E-state index is 0.0903. The van der Waals surface area contributed by atoms with Crippen molar-refractivity contribution in [2.24, 2.45) is 5.92 Å². The average molecular weight is 395 g/mol. The van der Waals surface area contributed by atoms with Crippen molar-refractivity contribution in [1.82, 2.24) is 15.1 Å². The molecule has 3 amide bonds. The third kappa shape index (κ3) is 3.27. The van der Waals surface area contributed by atoms with Gasteiger partial charge in [0.25, 0.3) is 5.91 Å². The second-order valence-electron chi connectivity index (χ2n) is 8.22. The van der Waals surface area contributed by atoms with Crippen LogP contribution in [0, 0.1) is 5.92 Å². The lowest BCUT2D eigenvalue weighted by atomic mass is 9.90. The van der Waals surface area contributed by atoms with Gasteiger partial charge in [0, 0.05) is 6.54 Å². The molecule has 1 aromatic carbocycles. The van der Waals surface area contributed by atoms with Gasteiger partial charge in [-0.05, 0) is 62.3 Å². The van der Waals surface area contributed by atoms with E-state index < -0.39 is 29.6 Å². The molecule has 152 valence electrons. The Morgan fingerprint density at radius 3 is 2.68 bits per heavy atom. The maximum Gasteiger partial charge on any atom is 0.393 e. The van der Waals surface area contributed by atoms with Crippen molar-refractivity contribution in [2.75, 3.05) is 19.8 Å². The Balaban J connectivity index is 1.51. The number of benzene rings is 1. The lowest BCUT2D eigenvalue weighted by molar-refractivity contribution is -0.187. The highest BCUT2D eigenvalue weighted by molar-refractivity contribution is 6.07. The van der Waals surface area contributed by atoms with E-state index in [2.05, 4.69) is 5.32 Å². The number of nitrogens with zero attached hydrogens (tertiary/aromatic N) is 2. The summed E-state index contributed by atoms with van der Waals surface area (Å²) in [5, 5.41) is 2.76. The molecule has 2 aliphatic heterocycles. The van der Waals surface area contributed by atoms with Gasteiger partial charge < -0.3 is 5.32 Å². The van der Waals surface area contributed by atoms with Crippen LogP contribution in [0.1, 0.15) is 42.9 Å². The number of carbonyl (C=O) groups excluding carboxylic acids is 2. The number of fused-ring (bicyclic) bond motifs is 1. The van der Waals surface area contributed by atoms with Gasteiger partial charge in [-0.25, -0.2) is 9.69 Å². The first kappa shape index (κ1) is 19.2. The van der Waals surface area contributed by atoms with E-state index in [-0.39, 0.29) is 19.6 Å². The van der Waals surface area contributed by atoms with Gasteiger partial charge in [0.15, 0.2) is 0 Å². The van der Waals surface area contributed by atoms with Crippen LogP contribution < -0.4 is 5.32 Å². The summed E-state index contributed by atoms with van der Waals surface area (Å²) in [5.74, 6) is -1.82. The molecule has 0 spiro atoms. The molecular weight excluding hydrogens is 371 g/mol. The second-order valence-corrected chi connectivity index (χ2v) is 8.22. The highest BCUT2D eigenvalue weighted by Gasteiger charge is 2.50. The van der Waals surface area contributed by atoms with Crippen molar-refractivity contribution in [3.05, 3.63) is 34.9 Å². The Kier molecular flexibility index (Phi) is 4.64. The molecule has 0 radical (unpaired) electrons. The maximum absolute atomic E-state index is 13.1.